The van der Waals surface area contributed by atoms with Gasteiger partial charge in [-0.1, -0.05) is 23.7 Å². The Morgan fingerprint density at radius 2 is 1.72 bits per heavy atom. The zero-order chi connectivity index (χ0) is 25.3. The Hall–Kier alpha value is -3.27. The number of ether oxygens (including phenoxy) is 1. The Morgan fingerprint density at radius 3 is 2.47 bits per heavy atom. The number of methoxy groups -OCH3 is 1. The number of nitrogens with zero attached hydrogens (tertiary/aromatic N) is 3. The van der Waals surface area contributed by atoms with E-state index in [4.69, 9.17) is 16.3 Å². The Labute approximate surface area is 216 Å². The maximum absolute atomic E-state index is 13.4. The fourth-order valence-electron chi connectivity index (χ4n) is 4.65. The van der Waals surface area contributed by atoms with Crippen LogP contribution in [-0.2, 0) is 16.4 Å². The third-order valence-corrected chi connectivity index (χ3v) is 8.69. The molecule has 0 spiro atoms. The van der Waals surface area contributed by atoms with Crippen LogP contribution >= 0.6 is 11.6 Å². The van der Waals surface area contributed by atoms with Gasteiger partial charge in [-0.15, -0.1) is 0 Å². The molecule has 36 heavy (non-hydrogen) atoms. The molecule has 2 aliphatic heterocycles. The summed E-state index contributed by atoms with van der Waals surface area (Å²) in [5.74, 6) is 0.651. The molecule has 10 heteroatoms. The number of rotatable bonds is 5. The molecule has 1 saturated heterocycles. The number of carbonyl (C=O) groups excluding carboxylic acids is 1. The normalized spacial score (nSPS) is 16.1. The number of hydrogen-bond donors (Lipinski definition) is 1. The topological polar surface area (TPSA) is 82.2 Å². The van der Waals surface area contributed by atoms with Crippen LogP contribution < -0.4 is 19.9 Å². The number of hydrogen-bond acceptors (Lipinski definition) is 5. The molecule has 5 rings (SSSR count). The molecule has 3 aromatic carbocycles. The average Bonchev–Trinajstić information content (AvgIpc) is 3.32. The first kappa shape index (κ1) is 24.4. The van der Waals surface area contributed by atoms with Gasteiger partial charge >= 0.3 is 6.03 Å². The van der Waals surface area contributed by atoms with Crippen molar-refractivity contribution < 1.29 is 17.9 Å². The maximum atomic E-state index is 13.4. The van der Waals surface area contributed by atoms with E-state index in [-0.39, 0.29) is 10.9 Å². The molecule has 3 aromatic rings. The highest BCUT2D eigenvalue weighted by atomic mass is 35.5. The van der Waals surface area contributed by atoms with Crippen molar-refractivity contribution in [3.63, 3.8) is 0 Å². The van der Waals surface area contributed by atoms with E-state index < -0.39 is 10.0 Å². The Kier molecular flexibility index (Phi) is 6.79. The highest BCUT2D eigenvalue weighted by Crippen LogP contribution is 2.32. The lowest BCUT2D eigenvalue weighted by Crippen LogP contribution is -2.48. The molecule has 0 unspecified atom stereocenters. The van der Waals surface area contributed by atoms with Gasteiger partial charge in [0.2, 0.25) is 10.0 Å². The highest BCUT2D eigenvalue weighted by molar-refractivity contribution is 7.89. The molecule has 0 atom stereocenters. The van der Waals surface area contributed by atoms with Gasteiger partial charge in [-0.3, -0.25) is 4.90 Å². The number of urea groups is 1. The van der Waals surface area contributed by atoms with Gasteiger partial charge in [0.15, 0.2) is 0 Å². The molecule has 2 heterocycles. The minimum atomic E-state index is -3.64. The van der Waals surface area contributed by atoms with E-state index in [1.807, 2.05) is 24.3 Å². The second-order valence-corrected chi connectivity index (χ2v) is 11.1. The van der Waals surface area contributed by atoms with E-state index in [1.54, 1.807) is 54.5 Å². The minimum Gasteiger partial charge on any atom is -0.497 e. The molecule has 2 aliphatic rings. The third kappa shape index (κ3) is 4.86. The maximum Gasteiger partial charge on any atom is 0.326 e. The van der Waals surface area contributed by atoms with E-state index in [9.17, 15) is 13.2 Å². The number of benzene rings is 3. The van der Waals surface area contributed by atoms with Crippen LogP contribution in [0.2, 0.25) is 5.02 Å². The van der Waals surface area contributed by atoms with E-state index in [0.29, 0.717) is 55.6 Å². The van der Waals surface area contributed by atoms with Crippen molar-refractivity contribution in [3.05, 3.63) is 77.3 Å². The van der Waals surface area contributed by atoms with Crippen LogP contribution in [0.25, 0.3) is 0 Å². The van der Waals surface area contributed by atoms with Gasteiger partial charge in [0.05, 0.1) is 12.0 Å². The molecule has 8 nitrogen and oxygen atoms in total. The largest absolute Gasteiger partial charge is 0.497 e. The molecular formula is C26H27ClN4O4S. The van der Waals surface area contributed by atoms with Crippen LogP contribution in [0.15, 0.2) is 71.6 Å². The van der Waals surface area contributed by atoms with Crippen molar-refractivity contribution >= 4 is 44.7 Å². The summed E-state index contributed by atoms with van der Waals surface area (Å²) in [6, 6.07) is 19.5. The van der Waals surface area contributed by atoms with E-state index in [0.717, 1.165) is 16.9 Å². The number of amides is 2. The molecule has 0 aromatic heterocycles. The zero-order valence-corrected chi connectivity index (χ0v) is 21.4. The van der Waals surface area contributed by atoms with E-state index in [2.05, 4.69) is 10.2 Å². The minimum absolute atomic E-state index is 0.257. The Bertz CT molecular complexity index is 1390. The van der Waals surface area contributed by atoms with Gasteiger partial charge in [0.25, 0.3) is 0 Å². The average molecular weight is 527 g/mol. The first-order valence-corrected chi connectivity index (χ1v) is 13.5. The van der Waals surface area contributed by atoms with Gasteiger partial charge in [0.1, 0.15) is 5.75 Å². The predicted octanol–water partition coefficient (Wildman–Crippen LogP) is 4.45. The van der Waals surface area contributed by atoms with Gasteiger partial charge in [0, 0.05) is 60.9 Å². The number of halogens is 1. The molecule has 2 amide bonds. The van der Waals surface area contributed by atoms with Crippen molar-refractivity contribution in [2.75, 3.05) is 55.0 Å². The molecule has 188 valence electrons. The second kappa shape index (κ2) is 10.0. The number of nitrogens with one attached hydrogen (secondary N) is 1. The molecule has 0 bridgehead atoms. The lowest BCUT2D eigenvalue weighted by atomic mass is 10.2. The van der Waals surface area contributed by atoms with Crippen LogP contribution in [0.3, 0.4) is 0 Å². The smallest absolute Gasteiger partial charge is 0.326 e. The molecule has 1 fully saturated rings. The summed E-state index contributed by atoms with van der Waals surface area (Å²) in [4.78, 5) is 16.9. The van der Waals surface area contributed by atoms with Crippen LogP contribution in [0.4, 0.5) is 21.9 Å². The number of fused-ring (bicyclic) bond motifs is 1. The summed E-state index contributed by atoms with van der Waals surface area (Å²) in [7, 11) is -2.07. The fourth-order valence-corrected chi connectivity index (χ4v) is 6.31. The van der Waals surface area contributed by atoms with Crippen molar-refractivity contribution in [1.29, 1.82) is 0 Å². The SMILES string of the molecule is COc1cccc(NC(=O)N2CCc3cc(S(=O)(=O)N4CCN(c5cccc(Cl)c5)CC4)ccc32)c1. The van der Waals surface area contributed by atoms with E-state index in [1.165, 1.54) is 4.31 Å². The number of piperazine rings is 1. The predicted molar refractivity (Wildman–Crippen MR) is 142 cm³/mol. The van der Waals surface area contributed by atoms with E-state index >= 15 is 0 Å². The summed E-state index contributed by atoms with van der Waals surface area (Å²) >= 11 is 6.11. The van der Waals surface area contributed by atoms with Gasteiger partial charge in [-0.25, -0.2) is 13.2 Å². The molecule has 1 N–H and O–H groups in total. The summed E-state index contributed by atoms with van der Waals surface area (Å²) in [5.41, 5.74) is 3.18. The molecule has 0 aliphatic carbocycles. The fraction of sp³-hybridized carbons (Fsp3) is 0.269. The summed E-state index contributed by atoms with van der Waals surface area (Å²) in [5, 5.41) is 3.54. The standard InChI is InChI=1S/C26H27ClN4O4S/c1-35-23-7-3-5-21(18-23)28-26(32)31-11-10-19-16-24(8-9-25(19)31)36(33,34)30-14-12-29(13-15-30)22-6-2-4-20(27)17-22/h2-9,16-18H,10-15H2,1H3,(H,28,32). The van der Waals surface area contributed by atoms with Crippen LogP contribution in [-0.4, -0.2) is 58.6 Å². The summed E-state index contributed by atoms with van der Waals surface area (Å²) in [6.07, 6.45) is 0.590. The van der Waals surface area contributed by atoms with Crippen LogP contribution in [0.1, 0.15) is 5.56 Å². The molecular weight excluding hydrogens is 500 g/mol. The van der Waals surface area contributed by atoms with Gasteiger partial charge in [-0.05, 0) is 60.5 Å². The highest BCUT2D eigenvalue weighted by Gasteiger charge is 2.31. The van der Waals surface area contributed by atoms with Gasteiger partial charge in [-0.2, -0.15) is 4.31 Å². The molecule has 0 saturated carbocycles. The second-order valence-electron chi connectivity index (χ2n) is 8.73. The van der Waals surface area contributed by atoms with Crippen LogP contribution in [0, 0.1) is 0 Å². The quantitative estimate of drug-likeness (QED) is 0.531. The van der Waals surface area contributed by atoms with Crippen molar-refractivity contribution in [2.24, 2.45) is 0 Å². The summed E-state index contributed by atoms with van der Waals surface area (Å²) in [6.45, 7) is 2.43. The van der Waals surface area contributed by atoms with Crippen LogP contribution in [0.5, 0.6) is 5.75 Å². The lowest BCUT2D eigenvalue weighted by molar-refractivity contribution is 0.257. The monoisotopic (exact) mass is 526 g/mol. The van der Waals surface area contributed by atoms with Crippen molar-refractivity contribution in [1.82, 2.24) is 4.31 Å². The number of anilines is 3. The van der Waals surface area contributed by atoms with Crippen molar-refractivity contribution in [3.8, 4) is 5.75 Å². The summed E-state index contributed by atoms with van der Waals surface area (Å²) < 4.78 is 33.5. The Morgan fingerprint density at radius 1 is 0.944 bits per heavy atom. The lowest BCUT2D eigenvalue weighted by Gasteiger charge is -2.35. The van der Waals surface area contributed by atoms with Crippen molar-refractivity contribution in [2.45, 2.75) is 11.3 Å². The zero-order valence-electron chi connectivity index (χ0n) is 19.9. The first-order valence-electron chi connectivity index (χ1n) is 11.7. The number of carbonyl (C=O) groups is 1. The first-order chi connectivity index (χ1) is 17.3. The van der Waals surface area contributed by atoms with Gasteiger partial charge < -0.3 is 15.0 Å². The number of sulfonamides is 1. The Balaban J connectivity index is 1.27. The third-order valence-electron chi connectivity index (χ3n) is 6.56. The molecule has 0 radical (unpaired) electrons.